The van der Waals surface area contributed by atoms with Gasteiger partial charge in [-0.1, -0.05) is 106 Å². The van der Waals surface area contributed by atoms with Gasteiger partial charge in [-0.3, -0.25) is 14.5 Å². The van der Waals surface area contributed by atoms with E-state index in [1.807, 2.05) is 60.7 Å². The molecular weight excluding hydrogens is 596 g/mol. The van der Waals surface area contributed by atoms with Crippen LogP contribution in [0.15, 0.2) is 84.9 Å². The quantitative estimate of drug-likeness (QED) is 0.161. The van der Waals surface area contributed by atoms with Crippen LogP contribution in [-0.4, -0.2) is 54.5 Å². The van der Waals surface area contributed by atoms with Crippen LogP contribution in [0.5, 0.6) is 5.75 Å². The molecule has 1 saturated heterocycles. The maximum absolute atomic E-state index is 13.9. The van der Waals surface area contributed by atoms with E-state index < -0.39 is 6.04 Å². The van der Waals surface area contributed by atoms with Crippen molar-refractivity contribution in [3.63, 3.8) is 0 Å². The zero-order chi connectivity index (χ0) is 33.6. The van der Waals surface area contributed by atoms with Crippen molar-refractivity contribution in [3.8, 4) is 5.75 Å². The average molecular weight is 653 g/mol. The van der Waals surface area contributed by atoms with E-state index >= 15 is 0 Å². The Hall–Kier alpha value is -3.68. The Morgan fingerprint density at radius 3 is 2.04 bits per heavy atom. The number of ether oxygens (including phenoxy) is 1. The van der Waals surface area contributed by atoms with Crippen LogP contribution < -0.4 is 20.7 Å². The van der Waals surface area contributed by atoms with Crippen LogP contribution in [0.1, 0.15) is 81.9 Å². The molecule has 0 radical (unpaired) electrons. The van der Waals surface area contributed by atoms with Gasteiger partial charge in [-0.15, -0.1) is 0 Å². The van der Waals surface area contributed by atoms with Crippen LogP contribution >= 0.6 is 0 Å². The van der Waals surface area contributed by atoms with E-state index in [0.29, 0.717) is 24.9 Å². The molecule has 0 aromatic heterocycles. The topological polar surface area (TPSA) is 82.7 Å². The highest BCUT2D eigenvalue weighted by molar-refractivity contribution is 5.90. The molecule has 3 aromatic carbocycles. The first-order valence-electron chi connectivity index (χ1n) is 18.3. The molecule has 2 atom stereocenters. The van der Waals surface area contributed by atoms with Crippen molar-refractivity contribution in [3.05, 3.63) is 102 Å². The summed E-state index contributed by atoms with van der Waals surface area (Å²) in [6.07, 6.45) is 9.26. The highest BCUT2D eigenvalue weighted by Crippen LogP contribution is 2.23. The monoisotopic (exact) mass is 652 g/mol. The molecule has 3 N–H and O–H groups in total. The van der Waals surface area contributed by atoms with Gasteiger partial charge in [0.15, 0.2) is 0 Å². The number of carbonyl (C=O) groups is 2. The Morgan fingerprint density at radius 2 is 1.40 bits per heavy atom. The minimum absolute atomic E-state index is 0.0832. The number of hydrogen-bond acceptors (Lipinski definition) is 5. The third-order valence-electron chi connectivity index (χ3n) is 9.83. The zero-order valence-electron chi connectivity index (χ0n) is 29.0. The summed E-state index contributed by atoms with van der Waals surface area (Å²) >= 11 is 0. The molecule has 7 nitrogen and oxygen atoms in total. The fourth-order valence-electron chi connectivity index (χ4n) is 7.01. The first-order valence-corrected chi connectivity index (χ1v) is 18.3. The Balaban J connectivity index is 1.21. The molecule has 1 aliphatic heterocycles. The summed E-state index contributed by atoms with van der Waals surface area (Å²) < 4.78 is 5.99. The fraction of sp³-hybridized carbons (Fsp3) is 0.512. The molecular formula is C41H56N4O3. The third-order valence-corrected chi connectivity index (χ3v) is 9.83. The fourth-order valence-corrected chi connectivity index (χ4v) is 7.01. The van der Waals surface area contributed by atoms with Gasteiger partial charge >= 0.3 is 0 Å². The third kappa shape index (κ3) is 11.8. The molecule has 1 heterocycles. The average Bonchev–Trinajstić information content (AvgIpc) is 3.11. The maximum atomic E-state index is 13.9. The normalized spacial score (nSPS) is 17.5. The van der Waals surface area contributed by atoms with Crippen LogP contribution in [0.2, 0.25) is 0 Å². The van der Waals surface area contributed by atoms with Crippen LogP contribution in [-0.2, 0) is 29.2 Å². The summed E-state index contributed by atoms with van der Waals surface area (Å²) in [5.41, 5.74) is 3.41. The minimum Gasteiger partial charge on any atom is -0.489 e. The van der Waals surface area contributed by atoms with Crippen molar-refractivity contribution in [2.75, 3.05) is 19.6 Å². The van der Waals surface area contributed by atoms with Gasteiger partial charge in [0.05, 0.1) is 6.04 Å². The molecule has 2 aliphatic rings. The first kappa shape index (κ1) is 35.6. The van der Waals surface area contributed by atoms with Gasteiger partial charge in [-0.25, -0.2) is 0 Å². The molecule has 48 heavy (non-hydrogen) atoms. The Bertz CT molecular complexity index is 1370. The summed E-state index contributed by atoms with van der Waals surface area (Å²) in [7, 11) is 0. The van der Waals surface area contributed by atoms with E-state index in [9.17, 15) is 9.59 Å². The molecule has 0 unspecified atom stereocenters. The van der Waals surface area contributed by atoms with Crippen LogP contribution in [0.3, 0.4) is 0 Å². The number of hydrogen-bond donors (Lipinski definition) is 3. The molecule has 7 heteroatoms. The van der Waals surface area contributed by atoms with Gasteiger partial charge in [0, 0.05) is 32.1 Å². The van der Waals surface area contributed by atoms with Crippen molar-refractivity contribution in [2.45, 2.75) is 103 Å². The lowest BCUT2D eigenvalue weighted by molar-refractivity contribution is -0.130. The van der Waals surface area contributed by atoms with Crippen molar-refractivity contribution < 1.29 is 14.3 Å². The smallest absolute Gasteiger partial charge is 0.243 e. The molecule has 3 aromatic rings. The number of benzene rings is 3. The summed E-state index contributed by atoms with van der Waals surface area (Å²) in [5.74, 6) is 1.57. The van der Waals surface area contributed by atoms with Gasteiger partial charge in [0.1, 0.15) is 18.4 Å². The summed E-state index contributed by atoms with van der Waals surface area (Å²) in [5, 5.41) is 10.1. The van der Waals surface area contributed by atoms with Crippen LogP contribution in [0.4, 0.5) is 0 Å². The van der Waals surface area contributed by atoms with Gasteiger partial charge in [0.2, 0.25) is 11.8 Å². The molecule has 0 spiro atoms. The van der Waals surface area contributed by atoms with E-state index in [1.54, 1.807) is 0 Å². The molecule has 1 aliphatic carbocycles. The number of nitrogens with zero attached hydrogens (tertiary/aromatic N) is 1. The number of piperidine rings is 1. The zero-order valence-corrected chi connectivity index (χ0v) is 29.0. The summed E-state index contributed by atoms with van der Waals surface area (Å²) in [4.78, 5) is 30.2. The minimum atomic E-state index is -0.665. The Kier molecular flexibility index (Phi) is 13.9. The molecule has 1 saturated carbocycles. The molecule has 5 rings (SSSR count). The van der Waals surface area contributed by atoms with E-state index in [-0.39, 0.29) is 23.9 Å². The standard InChI is InChI=1S/C41H56N4O3/c1-31(2)26-38(42-28-33-12-6-3-7-13-33)40(46)44-39(27-32-18-20-37(21-19-32)48-30-35-16-10-5-11-17-35)41(47)43-36-22-24-45(25-23-36)29-34-14-8-4-9-15-34/h4-5,8-11,14-21,31,33,36,38-39,42H,3,6-7,12-13,22-30H2,1-2H3,(H,43,47)(H,44,46)/t38-,39+/m0/s1. The predicted molar refractivity (Wildman–Crippen MR) is 194 cm³/mol. The molecule has 2 amide bonds. The lowest BCUT2D eigenvalue weighted by atomic mass is 9.89. The van der Waals surface area contributed by atoms with Gasteiger partial charge in [-0.05, 0) is 79.3 Å². The number of rotatable bonds is 16. The van der Waals surface area contributed by atoms with Crippen molar-refractivity contribution in [1.82, 2.24) is 20.9 Å². The van der Waals surface area contributed by atoms with Gasteiger partial charge < -0.3 is 20.7 Å². The van der Waals surface area contributed by atoms with Crippen LogP contribution in [0, 0.1) is 11.8 Å². The van der Waals surface area contributed by atoms with E-state index in [0.717, 1.165) is 62.3 Å². The molecule has 258 valence electrons. The lowest BCUT2D eigenvalue weighted by Gasteiger charge is -2.33. The largest absolute Gasteiger partial charge is 0.489 e. The number of amides is 2. The highest BCUT2D eigenvalue weighted by Gasteiger charge is 2.29. The van der Waals surface area contributed by atoms with Crippen LogP contribution in [0.25, 0.3) is 0 Å². The van der Waals surface area contributed by atoms with E-state index in [2.05, 4.69) is 59.0 Å². The Morgan fingerprint density at radius 1 is 0.750 bits per heavy atom. The van der Waals surface area contributed by atoms with E-state index in [1.165, 1.54) is 37.7 Å². The molecule has 2 fully saturated rings. The van der Waals surface area contributed by atoms with Gasteiger partial charge in [-0.2, -0.15) is 0 Å². The second-order valence-electron chi connectivity index (χ2n) is 14.3. The SMILES string of the molecule is CC(C)C[C@H](NCC1CCCCC1)C(=O)N[C@H](Cc1ccc(OCc2ccccc2)cc1)C(=O)NC1CCN(Cc2ccccc2)CC1. The summed E-state index contributed by atoms with van der Waals surface area (Å²) in [6, 6.07) is 27.7. The molecule has 0 bridgehead atoms. The number of nitrogens with one attached hydrogen (secondary N) is 3. The summed E-state index contributed by atoms with van der Waals surface area (Å²) in [6.45, 7) is 8.45. The predicted octanol–water partition coefficient (Wildman–Crippen LogP) is 6.66. The highest BCUT2D eigenvalue weighted by atomic mass is 16.5. The van der Waals surface area contributed by atoms with Gasteiger partial charge in [0.25, 0.3) is 0 Å². The number of likely N-dealkylation sites (tertiary alicyclic amines) is 1. The van der Waals surface area contributed by atoms with E-state index in [4.69, 9.17) is 4.74 Å². The van der Waals surface area contributed by atoms with Crippen molar-refractivity contribution in [2.24, 2.45) is 11.8 Å². The van der Waals surface area contributed by atoms with Crippen molar-refractivity contribution >= 4 is 11.8 Å². The first-order chi connectivity index (χ1) is 23.4. The number of carbonyl (C=O) groups excluding carboxylic acids is 2. The Labute approximate surface area is 288 Å². The maximum Gasteiger partial charge on any atom is 0.243 e. The second-order valence-corrected chi connectivity index (χ2v) is 14.3. The lowest BCUT2D eigenvalue weighted by Crippen LogP contribution is -2.56. The van der Waals surface area contributed by atoms with Crippen molar-refractivity contribution in [1.29, 1.82) is 0 Å². The second kappa shape index (κ2) is 18.8.